The maximum Gasteiger partial charge on any atom is 0.0411 e. The Labute approximate surface area is 134 Å². The van der Waals surface area contributed by atoms with Gasteiger partial charge in [-0.25, -0.2) is 0 Å². The van der Waals surface area contributed by atoms with Crippen molar-refractivity contribution in [3.8, 4) is 0 Å². The molecule has 0 radical (unpaired) electrons. The second-order valence-electron chi connectivity index (χ2n) is 6.22. The van der Waals surface area contributed by atoms with Crippen molar-refractivity contribution in [2.75, 3.05) is 0 Å². The van der Waals surface area contributed by atoms with Crippen molar-refractivity contribution in [3.63, 3.8) is 0 Å². The third-order valence-corrected chi connectivity index (χ3v) is 3.87. The Morgan fingerprint density at radius 1 is 1.23 bits per heavy atom. The van der Waals surface area contributed by atoms with Crippen LogP contribution in [0.2, 0.25) is 0 Å². The number of aromatic nitrogens is 1. The maximum absolute atomic E-state index is 3.53. The fourth-order valence-corrected chi connectivity index (χ4v) is 2.61. The van der Waals surface area contributed by atoms with Gasteiger partial charge in [0.2, 0.25) is 0 Å². The molecule has 0 saturated carbocycles. The topological polar surface area (TPSA) is 15.8 Å². The molecule has 0 saturated heterocycles. The van der Waals surface area contributed by atoms with Gasteiger partial charge in [0.05, 0.1) is 0 Å². The van der Waals surface area contributed by atoms with E-state index in [-0.39, 0.29) is 0 Å². The van der Waals surface area contributed by atoms with E-state index in [1.54, 1.807) is 0 Å². The molecule has 1 heterocycles. The molecule has 2 rings (SSSR count). The number of H-pyrrole nitrogens is 1. The van der Waals surface area contributed by atoms with Gasteiger partial charge in [-0.1, -0.05) is 54.1 Å². The SMILES string of the molecule is CC(C)=C/C=C\CC1C=Cc2[nH]c(C)cccccc2CC1. The molecular weight excluding hydrogens is 266 g/mol. The van der Waals surface area contributed by atoms with Crippen molar-refractivity contribution in [1.29, 1.82) is 0 Å². The smallest absolute Gasteiger partial charge is 0.0411 e. The summed E-state index contributed by atoms with van der Waals surface area (Å²) in [5.41, 5.74) is 5.16. The molecule has 1 nitrogen and oxygen atoms in total. The molecule has 0 aliphatic heterocycles. The number of rotatable bonds is 3. The lowest BCUT2D eigenvalue weighted by molar-refractivity contribution is 0.605. The van der Waals surface area contributed by atoms with E-state index in [0.717, 1.165) is 12.8 Å². The molecule has 1 aliphatic rings. The predicted octanol–water partition coefficient (Wildman–Crippen LogP) is 5.94. The van der Waals surface area contributed by atoms with Gasteiger partial charge < -0.3 is 4.98 Å². The summed E-state index contributed by atoms with van der Waals surface area (Å²) in [7, 11) is 0. The minimum atomic E-state index is 0.618. The van der Waals surface area contributed by atoms with E-state index in [4.69, 9.17) is 0 Å². The second-order valence-corrected chi connectivity index (χ2v) is 6.22. The monoisotopic (exact) mass is 293 g/mol. The number of hydrogen-bond acceptors (Lipinski definition) is 0. The lowest BCUT2D eigenvalue weighted by atomic mass is 9.98. The Kier molecular flexibility index (Phi) is 6.27. The van der Waals surface area contributed by atoms with Gasteiger partial charge in [0, 0.05) is 11.4 Å². The molecule has 0 spiro atoms. The van der Waals surface area contributed by atoms with E-state index in [0.29, 0.717) is 5.92 Å². The Morgan fingerprint density at radius 2 is 2.05 bits per heavy atom. The van der Waals surface area contributed by atoms with E-state index >= 15 is 0 Å². The fraction of sp³-hybridized carbons (Fsp3) is 0.333. The van der Waals surface area contributed by atoms with Crippen LogP contribution in [-0.2, 0) is 6.42 Å². The molecule has 1 atom stereocenters. The Bertz CT molecular complexity index is 623. The number of allylic oxidation sites excluding steroid dienone is 5. The van der Waals surface area contributed by atoms with Crippen LogP contribution in [0.25, 0.3) is 6.08 Å². The number of aromatic amines is 1. The fourth-order valence-electron chi connectivity index (χ4n) is 2.61. The van der Waals surface area contributed by atoms with Crippen LogP contribution in [0.4, 0.5) is 0 Å². The molecule has 0 amide bonds. The highest BCUT2D eigenvalue weighted by molar-refractivity contribution is 5.50. The zero-order valence-electron chi connectivity index (χ0n) is 14.0. The molecule has 1 aromatic heterocycles. The number of fused-ring (bicyclic) bond motifs is 1. The lowest BCUT2D eigenvalue weighted by Gasteiger charge is -2.07. The first kappa shape index (κ1) is 16.4. The van der Waals surface area contributed by atoms with E-state index in [1.165, 1.54) is 28.9 Å². The van der Waals surface area contributed by atoms with Crippen LogP contribution in [-0.4, -0.2) is 4.98 Å². The minimum Gasteiger partial charge on any atom is -0.359 e. The van der Waals surface area contributed by atoms with Gasteiger partial charge in [-0.15, -0.1) is 0 Å². The number of nitrogens with one attached hydrogen (secondary N) is 1. The summed E-state index contributed by atoms with van der Waals surface area (Å²) < 4.78 is 0. The predicted molar refractivity (Wildman–Crippen MR) is 97.2 cm³/mol. The molecule has 1 N–H and O–H groups in total. The summed E-state index contributed by atoms with van der Waals surface area (Å²) in [6.07, 6.45) is 14.7. The van der Waals surface area contributed by atoms with Crippen LogP contribution in [0.15, 0.2) is 60.2 Å². The normalized spacial score (nSPS) is 16.8. The van der Waals surface area contributed by atoms with Crippen molar-refractivity contribution < 1.29 is 0 Å². The molecule has 1 unspecified atom stereocenters. The van der Waals surface area contributed by atoms with Crippen molar-refractivity contribution in [2.45, 2.75) is 40.0 Å². The Balaban J connectivity index is 2.17. The standard InChI is InChI=1S/C21H27N/c1-17(2)9-7-8-11-19-13-15-20-12-6-4-5-10-18(3)22-21(20)16-14-19/h4-10,12,14,16,19,22H,11,13,15H2,1-3H3/b5-4?,8-7-,12-6?,18-10?. The molecule has 22 heavy (non-hydrogen) atoms. The maximum atomic E-state index is 3.53. The Hall–Kier alpha value is -2.02. The minimum absolute atomic E-state index is 0.618. The second kappa shape index (κ2) is 8.43. The highest BCUT2D eigenvalue weighted by Crippen LogP contribution is 2.22. The van der Waals surface area contributed by atoms with Gasteiger partial charge in [0.25, 0.3) is 0 Å². The third kappa shape index (κ3) is 5.40. The molecule has 1 heteroatoms. The molecule has 116 valence electrons. The van der Waals surface area contributed by atoms with Gasteiger partial charge in [-0.3, -0.25) is 0 Å². The average molecular weight is 293 g/mol. The highest BCUT2D eigenvalue weighted by atomic mass is 14.7. The molecule has 1 aromatic rings. The van der Waals surface area contributed by atoms with Crippen LogP contribution in [0.3, 0.4) is 0 Å². The number of aryl methyl sites for hydroxylation is 2. The molecule has 0 bridgehead atoms. The summed E-state index contributed by atoms with van der Waals surface area (Å²) in [5.74, 6) is 0.618. The summed E-state index contributed by atoms with van der Waals surface area (Å²) >= 11 is 0. The van der Waals surface area contributed by atoms with Gasteiger partial charge in [0.1, 0.15) is 0 Å². The van der Waals surface area contributed by atoms with Crippen molar-refractivity contribution in [2.24, 2.45) is 5.92 Å². The van der Waals surface area contributed by atoms with Gasteiger partial charge in [0.15, 0.2) is 0 Å². The molecule has 0 fully saturated rings. The number of hydrogen-bond donors (Lipinski definition) is 1. The first-order valence-corrected chi connectivity index (χ1v) is 8.15. The molecular formula is C21H27N. The van der Waals surface area contributed by atoms with Crippen LogP contribution in [0.5, 0.6) is 0 Å². The zero-order valence-corrected chi connectivity index (χ0v) is 14.0. The summed E-state index contributed by atoms with van der Waals surface area (Å²) in [4.78, 5) is 3.53. The summed E-state index contributed by atoms with van der Waals surface area (Å²) in [6.45, 7) is 6.37. The van der Waals surface area contributed by atoms with E-state index in [2.05, 4.69) is 86.5 Å². The van der Waals surface area contributed by atoms with Crippen molar-refractivity contribution in [3.05, 3.63) is 77.2 Å². The van der Waals surface area contributed by atoms with Crippen LogP contribution >= 0.6 is 0 Å². The molecule has 1 aliphatic carbocycles. The Morgan fingerprint density at radius 3 is 2.86 bits per heavy atom. The van der Waals surface area contributed by atoms with Crippen molar-refractivity contribution in [1.82, 2.24) is 4.98 Å². The van der Waals surface area contributed by atoms with Gasteiger partial charge in [-0.05, 0) is 63.7 Å². The van der Waals surface area contributed by atoms with Gasteiger partial charge >= 0.3 is 0 Å². The largest absolute Gasteiger partial charge is 0.359 e. The highest BCUT2D eigenvalue weighted by Gasteiger charge is 2.09. The van der Waals surface area contributed by atoms with E-state index in [9.17, 15) is 0 Å². The van der Waals surface area contributed by atoms with Crippen molar-refractivity contribution >= 4 is 6.08 Å². The average Bonchev–Trinajstić information content (AvgIpc) is 2.60. The molecule has 0 aromatic carbocycles. The first-order chi connectivity index (χ1) is 10.6. The third-order valence-electron chi connectivity index (χ3n) is 3.87. The van der Waals surface area contributed by atoms with Gasteiger partial charge in [-0.2, -0.15) is 0 Å². The first-order valence-electron chi connectivity index (χ1n) is 8.15. The lowest BCUT2D eigenvalue weighted by Crippen LogP contribution is -1.95. The summed E-state index contributed by atoms with van der Waals surface area (Å²) in [5, 5.41) is 0. The zero-order chi connectivity index (χ0) is 15.8. The summed E-state index contributed by atoms with van der Waals surface area (Å²) in [6, 6.07) is 10.6. The van der Waals surface area contributed by atoms with Crippen LogP contribution in [0, 0.1) is 12.8 Å². The van der Waals surface area contributed by atoms with E-state index < -0.39 is 0 Å². The van der Waals surface area contributed by atoms with Crippen LogP contribution in [0.1, 0.15) is 43.6 Å². The van der Waals surface area contributed by atoms with Crippen LogP contribution < -0.4 is 0 Å². The van der Waals surface area contributed by atoms with E-state index in [1.807, 2.05) is 0 Å². The quantitative estimate of drug-likeness (QED) is 0.664.